The average molecular weight is 208 g/mol. The molecule has 0 saturated heterocycles. The molecule has 1 unspecified atom stereocenters. The number of hydrogen-bond donors (Lipinski definition) is 1. The molecule has 0 spiro atoms. The number of hydrogen-bond acceptors (Lipinski definition) is 4. The molecule has 0 aliphatic carbocycles. The first-order valence-corrected chi connectivity index (χ1v) is 5.84. The summed E-state index contributed by atoms with van der Waals surface area (Å²) in [6, 6.07) is 0. The second-order valence-corrected chi connectivity index (χ2v) is 3.64. The number of rotatable bonds is 9. The van der Waals surface area contributed by atoms with Gasteiger partial charge in [0, 0.05) is 6.61 Å². The summed E-state index contributed by atoms with van der Waals surface area (Å²) in [5, 5.41) is 0. The largest absolute Gasteiger partial charge is 0.786 e. The monoisotopic (exact) mass is 208 g/mol. The van der Waals surface area contributed by atoms with E-state index in [0.29, 0.717) is 13.2 Å². The molecule has 0 fully saturated rings. The molecule has 13 heavy (non-hydrogen) atoms. The van der Waals surface area contributed by atoms with E-state index in [2.05, 4.69) is 0 Å². The van der Waals surface area contributed by atoms with Gasteiger partial charge in [0.15, 0.2) is 0 Å². The lowest BCUT2D eigenvalue weighted by Crippen LogP contribution is -2.04. The zero-order chi connectivity index (χ0) is 9.94. The fourth-order valence-corrected chi connectivity index (χ4v) is 1.45. The van der Waals surface area contributed by atoms with Crippen LogP contribution >= 0.6 is 8.60 Å². The minimum atomic E-state index is -1.88. The minimum absolute atomic E-state index is 0.433. The molecule has 0 aromatic rings. The highest BCUT2D eigenvalue weighted by Gasteiger charge is 1.93. The van der Waals surface area contributed by atoms with Crippen molar-refractivity contribution in [3.05, 3.63) is 0 Å². The fraction of sp³-hybridized carbons (Fsp3) is 1.00. The normalized spacial score (nSPS) is 13.2. The first-order chi connectivity index (χ1) is 6.31. The Kier molecular flexibility index (Phi) is 10.6. The van der Waals surface area contributed by atoms with E-state index in [4.69, 9.17) is 14.8 Å². The van der Waals surface area contributed by atoms with Gasteiger partial charge in [0.25, 0.3) is 0 Å². The quantitative estimate of drug-likeness (QED) is 0.456. The van der Waals surface area contributed by atoms with Gasteiger partial charge in [-0.25, -0.2) is 0 Å². The van der Waals surface area contributed by atoms with Gasteiger partial charge in [-0.1, -0.05) is 12.8 Å². The van der Waals surface area contributed by atoms with Crippen molar-refractivity contribution < 1.29 is 13.9 Å². The van der Waals surface area contributed by atoms with E-state index >= 15 is 0 Å². The van der Waals surface area contributed by atoms with Crippen molar-refractivity contribution in [3.8, 4) is 0 Å². The van der Waals surface area contributed by atoms with E-state index in [0.717, 1.165) is 32.2 Å². The molecule has 2 N–H and O–H groups in total. The van der Waals surface area contributed by atoms with Crippen LogP contribution in [0, 0.1) is 0 Å². The van der Waals surface area contributed by atoms with Gasteiger partial charge in [-0.15, -0.1) is 0 Å². The molecule has 0 aromatic heterocycles. The van der Waals surface area contributed by atoms with Crippen molar-refractivity contribution in [1.29, 1.82) is 0 Å². The molecule has 4 nitrogen and oxygen atoms in total. The van der Waals surface area contributed by atoms with Crippen LogP contribution in [0.3, 0.4) is 0 Å². The van der Waals surface area contributed by atoms with Crippen molar-refractivity contribution in [2.24, 2.45) is 5.73 Å². The van der Waals surface area contributed by atoms with E-state index in [1.807, 2.05) is 0 Å². The predicted octanol–water partition coefficient (Wildman–Crippen LogP) is 1.15. The molecule has 1 atom stereocenters. The predicted molar refractivity (Wildman–Crippen MR) is 52.0 cm³/mol. The van der Waals surface area contributed by atoms with Crippen LogP contribution < -0.4 is 10.6 Å². The Labute approximate surface area is 81.4 Å². The topological polar surface area (TPSA) is 67.5 Å². The second-order valence-electron chi connectivity index (χ2n) is 2.68. The van der Waals surface area contributed by atoms with Crippen LogP contribution in [-0.2, 0) is 9.05 Å². The Balaban J connectivity index is 2.97. The molecule has 0 bridgehead atoms. The lowest BCUT2D eigenvalue weighted by molar-refractivity contribution is -0.204. The van der Waals surface area contributed by atoms with Gasteiger partial charge in [-0.05, 0) is 26.3 Å². The molecule has 0 saturated carbocycles. The smallest absolute Gasteiger partial charge is 0.0828 e. The summed E-state index contributed by atoms with van der Waals surface area (Å²) in [7, 11) is -1.88. The first kappa shape index (κ1) is 13.3. The summed E-state index contributed by atoms with van der Waals surface area (Å²) in [6.07, 6.45) is 4.17. The zero-order valence-corrected chi connectivity index (χ0v) is 9.09. The maximum absolute atomic E-state index is 10.8. The lowest BCUT2D eigenvalue weighted by Gasteiger charge is -2.20. The van der Waals surface area contributed by atoms with E-state index in [1.54, 1.807) is 6.92 Å². The molecule has 0 aliphatic rings. The van der Waals surface area contributed by atoms with Crippen LogP contribution in [0.1, 0.15) is 32.6 Å². The second kappa shape index (κ2) is 10.4. The van der Waals surface area contributed by atoms with Gasteiger partial charge in [0.2, 0.25) is 0 Å². The molecule has 0 radical (unpaired) electrons. The molecule has 0 rings (SSSR count). The van der Waals surface area contributed by atoms with Crippen LogP contribution in [0.25, 0.3) is 0 Å². The van der Waals surface area contributed by atoms with E-state index in [1.165, 1.54) is 0 Å². The maximum atomic E-state index is 10.8. The standard InChI is InChI=1S/C8H19NO3P/c1-2-11-13(10)12-8-6-4-3-5-7-9/h2-9H2,1H3/q-1. The zero-order valence-electron chi connectivity index (χ0n) is 8.20. The van der Waals surface area contributed by atoms with E-state index < -0.39 is 8.60 Å². The van der Waals surface area contributed by atoms with Gasteiger partial charge in [0.05, 0.1) is 15.2 Å². The molecular formula is C8H19NO3P-. The van der Waals surface area contributed by atoms with Crippen molar-refractivity contribution in [3.63, 3.8) is 0 Å². The summed E-state index contributed by atoms with van der Waals surface area (Å²) in [4.78, 5) is 10.8. The summed E-state index contributed by atoms with van der Waals surface area (Å²) < 4.78 is 9.65. The van der Waals surface area contributed by atoms with Gasteiger partial charge < -0.3 is 19.7 Å². The average Bonchev–Trinajstić information content (AvgIpc) is 2.11. The van der Waals surface area contributed by atoms with E-state index in [-0.39, 0.29) is 0 Å². The molecule has 80 valence electrons. The summed E-state index contributed by atoms with van der Waals surface area (Å²) in [6.45, 7) is 3.48. The van der Waals surface area contributed by atoms with Gasteiger partial charge in [0.1, 0.15) is 0 Å². The summed E-state index contributed by atoms with van der Waals surface area (Å²) in [5.74, 6) is 0. The third kappa shape index (κ3) is 10.2. The molecule has 0 aromatic carbocycles. The van der Waals surface area contributed by atoms with Gasteiger partial charge in [-0.3, -0.25) is 0 Å². The van der Waals surface area contributed by atoms with Crippen molar-refractivity contribution in [2.45, 2.75) is 32.6 Å². The number of unbranched alkanes of at least 4 members (excludes halogenated alkanes) is 3. The number of nitrogens with two attached hydrogens (primary N) is 1. The van der Waals surface area contributed by atoms with Gasteiger partial charge >= 0.3 is 0 Å². The minimum Gasteiger partial charge on any atom is -0.786 e. The highest BCUT2D eigenvalue weighted by atomic mass is 31.2. The fourth-order valence-electron chi connectivity index (χ4n) is 0.882. The Bertz CT molecular complexity index is 105. The first-order valence-electron chi connectivity index (χ1n) is 4.74. The SMILES string of the molecule is CCOP([O-])OCCCCCCN. The van der Waals surface area contributed by atoms with Crippen molar-refractivity contribution in [1.82, 2.24) is 0 Å². The van der Waals surface area contributed by atoms with Crippen molar-refractivity contribution in [2.75, 3.05) is 19.8 Å². The molecule has 0 amide bonds. The van der Waals surface area contributed by atoms with Crippen LogP contribution in [0.4, 0.5) is 0 Å². The van der Waals surface area contributed by atoms with Crippen LogP contribution in [0.5, 0.6) is 0 Å². The highest BCUT2D eigenvalue weighted by molar-refractivity contribution is 7.39. The molecular weight excluding hydrogens is 189 g/mol. The Morgan fingerprint density at radius 1 is 1.15 bits per heavy atom. The lowest BCUT2D eigenvalue weighted by atomic mass is 10.2. The maximum Gasteiger partial charge on any atom is 0.0828 e. The highest BCUT2D eigenvalue weighted by Crippen LogP contribution is 2.27. The molecule has 0 heterocycles. The Hall–Kier alpha value is 0.270. The van der Waals surface area contributed by atoms with Crippen LogP contribution in [-0.4, -0.2) is 19.8 Å². The summed E-state index contributed by atoms with van der Waals surface area (Å²) in [5.41, 5.74) is 5.33. The van der Waals surface area contributed by atoms with E-state index in [9.17, 15) is 4.89 Å². The third-order valence-corrected chi connectivity index (χ3v) is 2.39. The third-order valence-electron chi connectivity index (χ3n) is 1.53. The summed E-state index contributed by atoms with van der Waals surface area (Å²) >= 11 is 0. The Morgan fingerprint density at radius 3 is 2.46 bits per heavy atom. The molecule has 5 heteroatoms. The van der Waals surface area contributed by atoms with Crippen LogP contribution in [0.2, 0.25) is 0 Å². The van der Waals surface area contributed by atoms with Crippen molar-refractivity contribution >= 4 is 8.60 Å². The van der Waals surface area contributed by atoms with Gasteiger partial charge in [-0.2, -0.15) is 0 Å². The molecule has 0 aliphatic heterocycles. The Morgan fingerprint density at radius 2 is 1.85 bits per heavy atom. The van der Waals surface area contributed by atoms with Crippen LogP contribution in [0.15, 0.2) is 0 Å².